The van der Waals surface area contributed by atoms with Gasteiger partial charge in [0.2, 0.25) is 5.91 Å². The number of carbonyl (C=O) groups is 2. The molecule has 108 valence electrons. The van der Waals surface area contributed by atoms with Gasteiger partial charge in [0.1, 0.15) is 12.3 Å². The third kappa shape index (κ3) is 3.54. The van der Waals surface area contributed by atoms with Crippen LogP contribution >= 0.6 is 11.6 Å². The fourth-order valence-corrected chi connectivity index (χ4v) is 2.05. The summed E-state index contributed by atoms with van der Waals surface area (Å²) >= 11 is 5.88. The van der Waals surface area contributed by atoms with E-state index in [1.54, 1.807) is 18.2 Å². The van der Waals surface area contributed by atoms with Gasteiger partial charge < -0.3 is 14.8 Å². The van der Waals surface area contributed by atoms with Crippen molar-refractivity contribution in [1.29, 1.82) is 0 Å². The topological polar surface area (TPSA) is 67.9 Å². The molecule has 0 bridgehead atoms. The van der Waals surface area contributed by atoms with E-state index in [-0.39, 0.29) is 12.5 Å². The SMILES string of the molecule is COc1ccc(Cl)cc1NC(=O)CN1CCCOC1=O. The Kier molecular flexibility index (Phi) is 4.68. The molecule has 1 aromatic carbocycles. The van der Waals surface area contributed by atoms with Crippen LogP contribution in [0.3, 0.4) is 0 Å². The quantitative estimate of drug-likeness (QED) is 0.924. The summed E-state index contributed by atoms with van der Waals surface area (Å²) in [6, 6.07) is 4.91. The molecule has 0 aromatic heterocycles. The normalized spacial score (nSPS) is 14.7. The minimum absolute atomic E-state index is 0.0610. The van der Waals surface area contributed by atoms with Crippen molar-refractivity contribution < 1.29 is 19.1 Å². The number of cyclic esters (lactones) is 1. The number of carbonyl (C=O) groups excluding carboxylic acids is 2. The highest BCUT2D eigenvalue weighted by atomic mass is 35.5. The lowest BCUT2D eigenvalue weighted by atomic mass is 10.3. The lowest BCUT2D eigenvalue weighted by Crippen LogP contribution is -2.42. The number of methoxy groups -OCH3 is 1. The van der Waals surface area contributed by atoms with Crippen LogP contribution in [0.1, 0.15) is 6.42 Å². The number of rotatable bonds is 4. The summed E-state index contributed by atoms with van der Waals surface area (Å²) in [5.74, 6) is 0.174. The van der Waals surface area contributed by atoms with Gasteiger partial charge in [0.25, 0.3) is 0 Å². The molecule has 0 unspecified atom stereocenters. The number of anilines is 1. The minimum atomic E-state index is -0.468. The molecule has 1 aliphatic heterocycles. The second kappa shape index (κ2) is 6.47. The van der Waals surface area contributed by atoms with Crippen LogP contribution in [-0.2, 0) is 9.53 Å². The van der Waals surface area contributed by atoms with Crippen molar-refractivity contribution in [1.82, 2.24) is 4.90 Å². The van der Waals surface area contributed by atoms with E-state index in [1.165, 1.54) is 12.0 Å². The van der Waals surface area contributed by atoms with Crippen molar-refractivity contribution in [2.24, 2.45) is 0 Å². The standard InChI is InChI=1S/C13H15ClN2O4/c1-19-11-4-3-9(14)7-10(11)15-12(17)8-16-5-2-6-20-13(16)18/h3-4,7H,2,5-6,8H2,1H3,(H,15,17). The van der Waals surface area contributed by atoms with Gasteiger partial charge in [-0.25, -0.2) is 4.79 Å². The summed E-state index contributed by atoms with van der Waals surface area (Å²) in [4.78, 5) is 24.7. The van der Waals surface area contributed by atoms with Gasteiger partial charge in [-0.2, -0.15) is 0 Å². The molecular weight excluding hydrogens is 284 g/mol. The van der Waals surface area contributed by atoms with Crippen molar-refractivity contribution in [3.8, 4) is 5.75 Å². The summed E-state index contributed by atoms with van der Waals surface area (Å²) in [7, 11) is 1.50. The molecular formula is C13H15ClN2O4. The van der Waals surface area contributed by atoms with Crippen LogP contribution in [0.2, 0.25) is 5.02 Å². The Morgan fingerprint density at radius 3 is 3.05 bits per heavy atom. The van der Waals surface area contributed by atoms with Crippen molar-refractivity contribution in [3.63, 3.8) is 0 Å². The number of hydrogen-bond acceptors (Lipinski definition) is 4. The lowest BCUT2D eigenvalue weighted by Gasteiger charge is -2.25. The van der Waals surface area contributed by atoms with Gasteiger partial charge in [-0.05, 0) is 24.6 Å². The largest absolute Gasteiger partial charge is 0.495 e. The molecule has 0 spiro atoms. The fraction of sp³-hybridized carbons (Fsp3) is 0.385. The van der Waals surface area contributed by atoms with Crippen molar-refractivity contribution in [3.05, 3.63) is 23.2 Å². The summed E-state index contributed by atoms with van der Waals surface area (Å²) in [5, 5.41) is 3.16. The van der Waals surface area contributed by atoms with E-state index in [4.69, 9.17) is 21.1 Å². The number of ether oxygens (including phenoxy) is 2. The van der Waals surface area contributed by atoms with Gasteiger partial charge in [0, 0.05) is 11.6 Å². The Balaban J connectivity index is 2.00. The first-order valence-electron chi connectivity index (χ1n) is 6.15. The number of nitrogens with one attached hydrogen (secondary N) is 1. The zero-order valence-corrected chi connectivity index (χ0v) is 11.8. The average Bonchev–Trinajstić information content (AvgIpc) is 2.41. The smallest absolute Gasteiger partial charge is 0.410 e. The van der Waals surface area contributed by atoms with Gasteiger partial charge in [-0.1, -0.05) is 11.6 Å². The number of halogens is 1. The van der Waals surface area contributed by atoms with E-state index in [0.29, 0.717) is 29.6 Å². The van der Waals surface area contributed by atoms with E-state index < -0.39 is 6.09 Å². The summed E-state index contributed by atoms with van der Waals surface area (Å²) in [6.45, 7) is 0.854. The monoisotopic (exact) mass is 298 g/mol. The van der Waals surface area contributed by atoms with Gasteiger partial charge in [0.05, 0.1) is 19.4 Å². The molecule has 0 aliphatic carbocycles. The Morgan fingerprint density at radius 1 is 1.55 bits per heavy atom. The second-order valence-corrected chi connectivity index (χ2v) is 4.72. The maximum absolute atomic E-state index is 11.9. The maximum Gasteiger partial charge on any atom is 0.410 e. The Hall–Kier alpha value is -1.95. The van der Waals surface area contributed by atoms with Gasteiger partial charge in [-0.3, -0.25) is 9.69 Å². The lowest BCUT2D eigenvalue weighted by molar-refractivity contribution is -0.117. The van der Waals surface area contributed by atoms with E-state index in [9.17, 15) is 9.59 Å². The van der Waals surface area contributed by atoms with Crippen molar-refractivity contribution in [2.75, 3.05) is 32.1 Å². The molecule has 1 fully saturated rings. The Labute approximate surface area is 121 Å². The molecule has 0 saturated carbocycles. The summed E-state index contributed by atoms with van der Waals surface area (Å²) in [5.41, 5.74) is 0.468. The first-order valence-corrected chi connectivity index (χ1v) is 6.53. The predicted molar refractivity (Wildman–Crippen MR) is 74.2 cm³/mol. The number of benzene rings is 1. The van der Waals surface area contributed by atoms with Gasteiger partial charge in [-0.15, -0.1) is 0 Å². The molecule has 20 heavy (non-hydrogen) atoms. The molecule has 0 radical (unpaired) electrons. The second-order valence-electron chi connectivity index (χ2n) is 4.28. The van der Waals surface area contributed by atoms with Crippen molar-refractivity contribution in [2.45, 2.75) is 6.42 Å². The Bertz CT molecular complexity index is 521. The molecule has 7 heteroatoms. The zero-order chi connectivity index (χ0) is 14.5. The molecule has 1 aromatic rings. The third-order valence-electron chi connectivity index (χ3n) is 2.83. The number of nitrogens with zero attached hydrogens (tertiary/aromatic N) is 1. The minimum Gasteiger partial charge on any atom is -0.495 e. The van der Waals surface area contributed by atoms with Gasteiger partial charge >= 0.3 is 6.09 Å². The van der Waals surface area contributed by atoms with E-state index in [0.717, 1.165) is 6.42 Å². The molecule has 0 atom stereocenters. The predicted octanol–water partition coefficient (Wildman–Crippen LogP) is 2.13. The van der Waals surface area contributed by atoms with Crippen LogP contribution in [-0.4, -0.2) is 43.7 Å². The number of amides is 2. The fourth-order valence-electron chi connectivity index (χ4n) is 1.88. The van der Waals surface area contributed by atoms with Gasteiger partial charge in [0.15, 0.2) is 0 Å². The zero-order valence-electron chi connectivity index (χ0n) is 11.0. The third-order valence-corrected chi connectivity index (χ3v) is 3.06. The van der Waals surface area contributed by atoms with E-state index >= 15 is 0 Å². The molecule has 6 nitrogen and oxygen atoms in total. The molecule has 1 aliphatic rings. The number of hydrogen-bond donors (Lipinski definition) is 1. The molecule has 2 rings (SSSR count). The van der Waals surface area contributed by atoms with Crippen LogP contribution in [0.5, 0.6) is 5.75 Å². The first kappa shape index (κ1) is 14.5. The van der Waals surface area contributed by atoms with Crippen LogP contribution in [0.4, 0.5) is 10.5 Å². The highest BCUT2D eigenvalue weighted by Gasteiger charge is 2.22. The van der Waals surface area contributed by atoms with Crippen molar-refractivity contribution >= 4 is 29.3 Å². The van der Waals surface area contributed by atoms with Crippen LogP contribution in [0.15, 0.2) is 18.2 Å². The highest BCUT2D eigenvalue weighted by Crippen LogP contribution is 2.27. The van der Waals surface area contributed by atoms with E-state index in [1.807, 2.05) is 0 Å². The molecule has 2 amide bonds. The highest BCUT2D eigenvalue weighted by molar-refractivity contribution is 6.31. The molecule has 1 saturated heterocycles. The molecule has 1 heterocycles. The van der Waals surface area contributed by atoms with Crippen LogP contribution in [0, 0.1) is 0 Å². The van der Waals surface area contributed by atoms with E-state index in [2.05, 4.69) is 5.32 Å². The summed E-state index contributed by atoms with van der Waals surface area (Å²) in [6.07, 6.45) is 0.254. The molecule has 1 N–H and O–H groups in total. The Morgan fingerprint density at radius 2 is 2.35 bits per heavy atom. The maximum atomic E-state index is 11.9. The average molecular weight is 299 g/mol. The van der Waals surface area contributed by atoms with Crippen LogP contribution in [0.25, 0.3) is 0 Å². The summed E-state index contributed by atoms with van der Waals surface area (Å²) < 4.78 is 10.0. The van der Waals surface area contributed by atoms with Crippen LogP contribution < -0.4 is 10.1 Å². The first-order chi connectivity index (χ1) is 9.60.